The van der Waals surface area contributed by atoms with E-state index in [9.17, 15) is 4.79 Å². The zero-order valence-electron chi connectivity index (χ0n) is 18.7. The smallest absolute Gasteiger partial charge is 0.407 e. The SMILES string of the molecule is COc1ccc2nc3ccc(C)cc3c(Nc3ccc(COC(=O)NC(C)C)cc3)c2c1. The van der Waals surface area contributed by atoms with Crippen LogP contribution < -0.4 is 15.4 Å². The molecule has 1 aromatic heterocycles. The third kappa shape index (κ3) is 4.75. The van der Waals surface area contributed by atoms with Crippen LogP contribution in [-0.2, 0) is 11.3 Å². The molecule has 1 amide bonds. The summed E-state index contributed by atoms with van der Waals surface area (Å²) in [6.07, 6.45) is -0.416. The number of carbonyl (C=O) groups is 1. The van der Waals surface area contributed by atoms with Gasteiger partial charge in [0, 0.05) is 22.5 Å². The summed E-state index contributed by atoms with van der Waals surface area (Å²) in [5.41, 5.74) is 5.81. The Morgan fingerprint density at radius 3 is 2.34 bits per heavy atom. The van der Waals surface area contributed by atoms with E-state index in [2.05, 4.69) is 29.7 Å². The average molecular weight is 430 g/mol. The maximum atomic E-state index is 11.7. The largest absolute Gasteiger partial charge is 0.497 e. The lowest BCUT2D eigenvalue weighted by Crippen LogP contribution is -2.30. The van der Waals surface area contributed by atoms with E-state index in [1.54, 1.807) is 7.11 Å². The van der Waals surface area contributed by atoms with Gasteiger partial charge in [-0.1, -0.05) is 23.8 Å². The Bertz CT molecular complexity index is 1270. The molecule has 0 aliphatic carbocycles. The Kier molecular flexibility index (Phi) is 6.12. The number of hydrogen-bond acceptors (Lipinski definition) is 5. The van der Waals surface area contributed by atoms with E-state index in [1.165, 1.54) is 0 Å². The molecule has 0 unspecified atom stereocenters. The Hall–Kier alpha value is -3.80. The summed E-state index contributed by atoms with van der Waals surface area (Å²) in [4.78, 5) is 16.5. The zero-order chi connectivity index (χ0) is 22.7. The van der Waals surface area contributed by atoms with Gasteiger partial charge >= 0.3 is 6.09 Å². The number of rotatable bonds is 6. The molecule has 1 heterocycles. The Morgan fingerprint density at radius 2 is 1.66 bits per heavy atom. The molecule has 2 N–H and O–H groups in total. The van der Waals surface area contributed by atoms with Crippen LogP contribution in [0.4, 0.5) is 16.2 Å². The first-order chi connectivity index (χ1) is 15.4. The van der Waals surface area contributed by atoms with Gasteiger partial charge < -0.3 is 20.1 Å². The summed E-state index contributed by atoms with van der Waals surface area (Å²) in [6.45, 7) is 6.08. The van der Waals surface area contributed by atoms with E-state index in [0.29, 0.717) is 0 Å². The molecule has 0 aliphatic heterocycles. The van der Waals surface area contributed by atoms with Crippen LogP contribution in [0, 0.1) is 6.92 Å². The number of pyridine rings is 1. The van der Waals surface area contributed by atoms with E-state index in [4.69, 9.17) is 14.5 Å². The van der Waals surface area contributed by atoms with Crippen molar-refractivity contribution in [3.63, 3.8) is 0 Å². The minimum absolute atomic E-state index is 0.0429. The molecule has 0 bridgehead atoms. The van der Waals surface area contributed by atoms with E-state index < -0.39 is 6.09 Å². The summed E-state index contributed by atoms with van der Waals surface area (Å²) in [7, 11) is 1.66. The average Bonchev–Trinajstić information content (AvgIpc) is 2.78. The first-order valence-corrected chi connectivity index (χ1v) is 10.6. The molecule has 0 spiro atoms. The van der Waals surface area contributed by atoms with Crippen LogP contribution in [0.1, 0.15) is 25.0 Å². The Labute approximate surface area is 187 Å². The maximum absolute atomic E-state index is 11.7. The second kappa shape index (κ2) is 9.14. The van der Waals surface area contributed by atoms with E-state index in [0.717, 1.165) is 50.1 Å². The molecule has 6 heteroatoms. The third-order valence-corrected chi connectivity index (χ3v) is 5.14. The number of nitrogens with one attached hydrogen (secondary N) is 2. The summed E-state index contributed by atoms with van der Waals surface area (Å²) in [6, 6.07) is 20.0. The number of benzene rings is 3. The van der Waals surface area contributed by atoms with Gasteiger partial charge in [0.25, 0.3) is 0 Å². The molecule has 0 saturated carbocycles. The predicted molar refractivity (Wildman–Crippen MR) is 129 cm³/mol. The van der Waals surface area contributed by atoms with Crippen LogP contribution in [0.2, 0.25) is 0 Å². The van der Waals surface area contributed by atoms with Crippen molar-refractivity contribution in [2.75, 3.05) is 12.4 Å². The van der Waals surface area contributed by atoms with Gasteiger partial charge in [-0.05, 0) is 68.8 Å². The lowest BCUT2D eigenvalue weighted by atomic mass is 10.0. The highest BCUT2D eigenvalue weighted by atomic mass is 16.5. The maximum Gasteiger partial charge on any atom is 0.407 e. The van der Waals surface area contributed by atoms with Crippen molar-refractivity contribution in [1.82, 2.24) is 10.3 Å². The van der Waals surface area contributed by atoms with Crippen molar-refractivity contribution in [3.8, 4) is 5.75 Å². The lowest BCUT2D eigenvalue weighted by molar-refractivity contribution is 0.137. The number of nitrogens with zero attached hydrogens (tertiary/aromatic N) is 1. The predicted octanol–water partition coefficient (Wildman–Crippen LogP) is 6.08. The van der Waals surface area contributed by atoms with Gasteiger partial charge in [0.1, 0.15) is 12.4 Å². The van der Waals surface area contributed by atoms with Crippen molar-refractivity contribution >= 4 is 39.3 Å². The number of alkyl carbamates (subject to hydrolysis) is 1. The molecule has 0 saturated heterocycles. The number of carbonyl (C=O) groups excluding carboxylic acids is 1. The van der Waals surface area contributed by atoms with Crippen molar-refractivity contribution < 1.29 is 14.3 Å². The van der Waals surface area contributed by atoms with Crippen molar-refractivity contribution in [2.45, 2.75) is 33.4 Å². The number of aromatic nitrogens is 1. The van der Waals surface area contributed by atoms with Gasteiger partial charge in [-0.2, -0.15) is 0 Å². The molecule has 0 atom stereocenters. The van der Waals surface area contributed by atoms with Crippen molar-refractivity contribution in [3.05, 3.63) is 71.8 Å². The Morgan fingerprint density at radius 1 is 0.969 bits per heavy atom. The standard InChI is InChI=1S/C26H27N3O3/c1-16(2)27-26(30)32-15-18-6-8-19(9-7-18)28-25-21-13-17(3)5-11-23(21)29-24-12-10-20(31-4)14-22(24)25/h5-14,16H,15H2,1-4H3,(H,27,30)(H,28,29). The first-order valence-electron chi connectivity index (χ1n) is 10.6. The number of fused-ring (bicyclic) bond motifs is 2. The quantitative estimate of drug-likeness (QED) is 0.363. The fourth-order valence-corrected chi connectivity index (χ4v) is 3.55. The van der Waals surface area contributed by atoms with Crippen LogP contribution in [0.15, 0.2) is 60.7 Å². The molecule has 0 radical (unpaired) electrons. The summed E-state index contributed by atoms with van der Waals surface area (Å²) >= 11 is 0. The topological polar surface area (TPSA) is 72.5 Å². The third-order valence-electron chi connectivity index (χ3n) is 5.14. The molecule has 164 valence electrons. The van der Waals surface area contributed by atoms with Crippen LogP contribution in [-0.4, -0.2) is 24.2 Å². The number of hydrogen-bond donors (Lipinski definition) is 2. The van der Waals surface area contributed by atoms with Gasteiger partial charge in [-0.15, -0.1) is 0 Å². The van der Waals surface area contributed by atoms with Crippen molar-refractivity contribution in [2.24, 2.45) is 0 Å². The number of anilines is 2. The second-order valence-corrected chi connectivity index (χ2v) is 8.09. The van der Waals surface area contributed by atoms with Crippen LogP contribution in [0.25, 0.3) is 21.8 Å². The second-order valence-electron chi connectivity index (χ2n) is 8.09. The summed E-state index contributed by atoms with van der Waals surface area (Å²) in [5.74, 6) is 0.779. The fourth-order valence-electron chi connectivity index (χ4n) is 3.55. The fraction of sp³-hybridized carbons (Fsp3) is 0.231. The van der Waals surface area contributed by atoms with Gasteiger partial charge in [-0.25, -0.2) is 9.78 Å². The van der Waals surface area contributed by atoms with Crippen LogP contribution in [0.5, 0.6) is 5.75 Å². The molecule has 32 heavy (non-hydrogen) atoms. The van der Waals surface area contributed by atoms with E-state index in [-0.39, 0.29) is 12.6 Å². The molecular formula is C26H27N3O3. The molecular weight excluding hydrogens is 402 g/mol. The van der Waals surface area contributed by atoms with Gasteiger partial charge in [0.15, 0.2) is 0 Å². The van der Waals surface area contributed by atoms with Gasteiger partial charge in [0.05, 0.1) is 23.8 Å². The minimum atomic E-state index is -0.416. The van der Waals surface area contributed by atoms with E-state index in [1.807, 2.05) is 62.4 Å². The molecule has 3 aromatic carbocycles. The highest BCUT2D eigenvalue weighted by molar-refractivity contribution is 6.09. The van der Waals surface area contributed by atoms with Crippen LogP contribution >= 0.6 is 0 Å². The molecule has 0 aliphatic rings. The minimum Gasteiger partial charge on any atom is -0.497 e. The Balaban J connectivity index is 1.65. The summed E-state index contributed by atoms with van der Waals surface area (Å²) < 4.78 is 10.7. The van der Waals surface area contributed by atoms with E-state index >= 15 is 0 Å². The molecule has 4 rings (SSSR count). The number of amides is 1. The summed E-state index contributed by atoms with van der Waals surface area (Å²) in [5, 5.41) is 8.32. The van der Waals surface area contributed by atoms with Gasteiger partial charge in [-0.3, -0.25) is 0 Å². The normalized spacial score (nSPS) is 11.0. The monoisotopic (exact) mass is 429 g/mol. The number of ether oxygens (including phenoxy) is 2. The molecule has 6 nitrogen and oxygen atoms in total. The highest BCUT2D eigenvalue weighted by Crippen LogP contribution is 2.35. The highest BCUT2D eigenvalue weighted by Gasteiger charge is 2.12. The number of methoxy groups -OCH3 is 1. The van der Waals surface area contributed by atoms with Gasteiger partial charge in [0.2, 0.25) is 0 Å². The molecule has 4 aromatic rings. The zero-order valence-corrected chi connectivity index (χ0v) is 18.7. The molecule has 0 fully saturated rings. The first kappa shape index (κ1) is 21.4. The van der Waals surface area contributed by atoms with Crippen molar-refractivity contribution in [1.29, 1.82) is 0 Å². The number of aryl methyl sites for hydroxylation is 1. The van der Waals surface area contributed by atoms with Crippen LogP contribution in [0.3, 0.4) is 0 Å². The lowest BCUT2D eigenvalue weighted by Gasteiger charge is -2.15.